The number of halogens is 3. The summed E-state index contributed by atoms with van der Waals surface area (Å²) in [5.41, 5.74) is 4.29. The first-order valence-electron chi connectivity index (χ1n) is 2.45. The van der Waals surface area contributed by atoms with Crippen molar-refractivity contribution in [2.45, 2.75) is 6.18 Å². The maximum Gasteiger partial charge on any atom is 0.407 e. The number of alkyl halides is 3. The number of hydrazone groups is 1. The molecule has 0 atom stereocenters. The summed E-state index contributed by atoms with van der Waals surface area (Å²) in [6.45, 7) is -1.05. The highest BCUT2D eigenvalue weighted by atomic mass is 19.4. The zero-order chi connectivity index (χ0) is 7.61. The molecule has 4 nitrogen and oxygen atoms in total. The molecule has 7 heteroatoms. The summed E-state index contributed by atoms with van der Waals surface area (Å²) in [6, 6.07) is 0. The van der Waals surface area contributed by atoms with Gasteiger partial charge in [0.25, 0.3) is 0 Å². The number of hydrogen-bond donors (Lipinski definition) is 2. The van der Waals surface area contributed by atoms with Gasteiger partial charge in [0.1, 0.15) is 12.9 Å². The van der Waals surface area contributed by atoms with Crippen LogP contribution in [0, 0.1) is 0 Å². The molecule has 0 bridgehead atoms. The molecule has 2 N–H and O–H groups in total. The van der Waals surface area contributed by atoms with Crippen molar-refractivity contribution >= 4 is 6.34 Å². The van der Waals surface area contributed by atoms with E-state index in [0.29, 0.717) is 0 Å². The molecule has 0 aromatic rings. The van der Waals surface area contributed by atoms with Crippen LogP contribution >= 0.6 is 0 Å². The Bertz CT molecular complexity index is 141. The highest BCUT2D eigenvalue weighted by Gasteiger charge is 2.30. The summed E-state index contributed by atoms with van der Waals surface area (Å²) in [7, 11) is 0. The van der Waals surface area contributed by atoms with Crippen molar-refractivity contribution in [1.29, 1.82) is 0 Å². The molecule has 0 unspecified atom stereocenters. The van der Waals surface area contributed by atoms with E-state index in [0.717, 1.165) is 11.3 Å². The van der Waals surface area contributed by atoms with Gasteiger partial charge in [-0.05, 0) is 0 Å². The Balaban J connectivity index is 2.31. The fourth-order valence-corrected chi connectivity index (χ4v) is 0.494. The van der Waals surface area contributed by atoms with Crippen molar-refractivity contribution in [3.8, 4) is 0 Å². The normalized spacial score (nSPS) is 17.7. The summed E-state index contributed by atoms with van der Waals surface area (Å²) >= 11 is 0. The Hall–Kier alpha value is -0.980. The molecule has 0 fully saturated rings. The smallest absolute Gasteiger partial charge is 0.268 e. The maximum absolute atomic E-state index is 11.5. The van der Waals surface area contributed by atoms with E-state index in [4.69, 9.17) is 0 Å². The van der Waals surface area contributed by atoms with Crippen LogP contribution in [-0.2, 0) is 0 Å². The van der Waals surface area contributed by atoms with Gasteiger partial charge in [0.05, 0.1) is 0 Å². The molecular weight excluding hydrogens is 149 g/mol. The first kappa shape index (κ1) is 7.13. The first-order chi connectivity index (χ1) is 4.58. The molecule has 0 radical (unpaired) electrons. The van der Waals surface area contributed by atoms with Crippen molar-refractivity contribution in [3.05, 3.63) is 0 Å². The zero-order valence-electron chi connectivity index (χ0n) is 4.81. The van der Waals surface area contributed by atoms with Gasteiger partial charge in [-0.1, -0.05) is 0 Å². The van der Waals surface area contributed by atoms with E-state index in [2.05, 4.69) is 16.2 Å². The number of hydrazine groups is 2. The largest absolute Gasteiger partial charge is 0.407 e. The summed E-state index contributed by atoms with van der Waals surface area (Å²) < 4.78 is 34.6. The lowest BCUT2D eigenvalue weighted by Crippen LogP contribution is -2.42. The topological polar surface area (TPSA) is 39.7 Å². The molecule has 0 aliphatic carbocycles. The molecule has 1 aliphatic rings. The lowest BCUT2D eigenvalue weighted by molar-refractivity contribution is -0.141. The molecule has 0 amide bonds. The Kier molecular flexibility index (Phi) is 1.66. The van der Waals surface area contributed by atoms with E-state index in [1.165, 1.54) is 0 Å². The molecule has 1 aliphatic heterocycles. The molecular formula is C3H5F3N4. The summed E-state index contributed by atoms with van der Waals surface area (Å²) in [6.07, 6.45) is -3.18. The zero-order valence-corrected chi connectivity index (χ0v) is 4.81. The minimum Gasteiger partial charge on any atom is -0.268 e. The quantitative estimate of drug-likeness (QED) is 0.550. The average molecular weight is 154 g/mol. The van der Waals surface area contributed by atoms with Crippen molar-refractivity contribution in [1.82, 2.24) is 16.1 Å². The molecule has 0 saturated carbocycles. The Morgan fingerprint density at radius 3 is 2.60 bits per heavy atom. The van der Waals surface area contributed by atoms with E-state index in [9.17, 15) is 13.2 Å². The van der Waals surface area contributed by atoms with Crippen LogP contribution in [0.5, 0.6) is 0 Å². The van der Waals surface area contributed by atoms with E-state index < -0.39 is 12.7 Å². The van der Waals surface area contributed by atoms with Gasteiger partial charge in [0, 0.05) is 0 Å². The predicted molar refractivity (Wildman–Crippen MR) is 27.5 cm³/mol. The molecule has 0 aromatic carbocycles. The molecule has 0 aromatic heterocycles. The second kappa shape index (κ2) is 2.33. The van der Waals surface area contributed by atoms with Gasteiger partial charge in [-0.15, -0.1) is 5.53 Å². The second-order valence-corrected chi connectivity index (χ2v) is 1.71. The van der Waals surface area contributed by atoms with Crippen LogP contribution in [0.1, 0.15) is 0 Å². The van der Waals surface area contributed by atoms with Crippen LogP contribution in [0.25, 0.3) is 0 Å². The minimum atomic E-state index is -4.20. The van der Waals surface area contributed by atoms with Crippen LogP contribution < -0.4 is 11.1 Å². The lowest BCUT2D eigenvalue weighted by Gasteiger charge is -2.14. The minimum absolute atomic E-state index is 0.792. The van der Waals surface area contributed by atoms with Crippen LogP contribution in [0.2, 0.25) is 0 Å². The molecule has 0 spiro atoms. The highest BCUT2D eigenvalue weighted by Crippen LogP contribution is 2.14. The van der Waals surface area contributed by atoms with E-state index in [-0.39, 0.29) is 0 Å². The Morgan fingerprint density at radius 2 is 2.20 bits per heavy atom. The van der Waals surface area contributed by atoms with E-state index >= 15 is 0 Å². The lowest BCUT2D eigenvalue weighted by atomic mass is 10.6. The van der Waals surface area contributed by atoms with Crippen molar-refractivity contribution in [3.63, 3.8) is 0 Å². The van der Waals surface area contributed by atoms with Crippen molar-refractivity contribution in [2.24, 2.45) is 5.10 Å². The monoisotopic (exact) mass is 154 g/mol. The molecule has 58 valence electrons. The van der Waals surface area contributed by atoms with Gasteiger partial charge in [-0.25, -0.2) is 5.53 Å². The molecule has 10 heavy (non-hydrogen) atoms. The van der Waals surface area contributed by atoms with E-state index in [1.54, 1.807) is 0 Å². The fraction of sp³-hybridized carbons (Fsp3) is 0.667. The van der Waals surface area contributed by atoms with Crippen LogP contribution in [0.3, 0.4) is 0 Å². The number of nitrogens with one attached hydrogen (secondary N) is 2. The third kappa shape index (κ3) is 2.09. The van der Waals surface area contributed by atoms with Gasteiger partial charge in [-0.3, -0.25) is 5.01 Å². The van der Waals surface area contributed by atoms with E-state index in [1.807, 2.05) is 0 Å². The number of hydrogen-bond acceptors (Lipinski definition) is 4. The Labute approximate surface area is 54.6 Å². The van der Waals surface area contributed by atoms with Crippen LogP contribution in [0.15, 0.2) is 5.10 Å². The number of nitrogens with zero attached hydrogens (tertiary/aromatic N) is 2. The Morgan fingerprint density at radius 1 is 1.50 bits per heavy atom. The second-order valence-electron chi connectivity index (χ2n) is 1.71. The maximum atomic E-state index is 11.5. The van der Waals surface area contributed by atoms with Gasteiger partial charge in [-0.2, -0.15) is 18.3 Å². The van der Waals surface area contributed by atoms with Crippen LogP contribution in [0.4, 0.5) is 13.2 Å². The van der Waals surface area contributed by atoms with Gasteiger partial charge >= 0.3 is 6.18 Å². The summed E-state index contributed by atoms with van der Waals surface area (Å²) in [5, 5.41) is 4.08. The SMILES string of the molecule is FC(F)(F)CN1C=NNN1. The van der Waals surface area contributed by atoms with Crippen molar-refractivity contribution < 1.29 is 13.2 Å². The highest BCUT2D eigenvalue weighted by molar-refractivity contribution is 5.54. The fourth-order valence-electron chi connectivity index (χ4n) is 0.494. The first-order valence-corrected chi connectivity index (χ1v) is 2.45. The third-order valence-electron chi connectivity index (χ3n) is 0.805. The van der Waals surface area contributed by atoms with Crippen LogP contribution in [-0.4, -0.2) is 24.1 Å². The summed E-state index contributed by atoms with van der Waals surface area (Å²) in [4.78, 5) is 0. The van der Waals surface area contributed by atoms with Gasteiger partial charge < -0.3 is 0 Å². The summed E-state index contributed by atoms with van der Waals surface area (Å²) in [5.74, 6) is 0. The molecule has 1 heterocycles. The van der Waals surface area contributed by atoms with Gasteiger partial charge in [0.2, 0.25) is 0 Å². The van der Waals surface area contributed by atoms with Crippen molar-refractivity contribution in [2.75, 3.05) is 6.54 Å². The standard InChI is InChI=1S/C3H5F3N4/c4-3(5,6)1-10-2-7-8-9-10/h2,8-9H,1H2. The number of rotatable bonds is 1. The molecule has 1 rings (SSSR count). The average Bonchev–Trinajstić information content (AvgIpc) is 2.12. The van der Waals surface area contributed by atoms with Gasteiger partial charge in [0.15, 0.2) is 0 Å². The third-order valence-corrected chi connectivity index (χ3v) is 0.805. The predicted octanol–water partition coefficient (Wildman–Crippen LogP) is -0.183. The molecule has 0 saturated heterocycles.